The van der Waals surface area contributed by atoms with Gasteiger partial charge in [0.15, 0.2) is 0 Å². The Morgan fingerprint density at radius 3 is 2.78 bits per heavy atom. The van der Waals surface area contributed by atoms with Crippen molar-refractivity contribution in [1.29, 1.82) is 0 Å². The Morgan fingerprint density at radius 1 is 1.33 bits per heavy atom. The van der Waals surface area contributed by atoms with Gasteiger partial charge >= 0.3 is 0 Å². The lowest BCUT2D eigenvalue weighted by Crippen LogP contribution is -2.20. The second-order valence-corrected chi connectivity index (χ2v) is 4.89. The molecule has 0 fully saturated rings. The number of hydrogen-bond acceptors (Lipinski definition) is 2. The fourth-order valence-electron chi connectivity index (χ4n) is 1.92. The Balaban J connectivity index is 2.26. The predicted octanol–water partition coefficient (Wildman–Crippen LogP) is 3.49. The first-order valence-corrected chi connectivity index (χ1v) is 6.51. The Bertz CT molecular complexity index is 531. The van der Waals surface area contributed by atoms with E-state index in [1.807, 2.05) is 31.3 Å². The number of likely N-dealkylation sites (N-methyl/N-ethyl adjacent to an activating group) is 1. The summed E-state index contributed by atoms with van der Waals surface area (Å²) in [5.41, 5.74) is 1.79. The number of benzene rings is 1. The van der Waals surface area contributed by atoms with Gasteiger partial charge in [0, 0.05) is 22.3 Å². The predicted molar refractivity (Wildman–Crippen MR) is 73.8 cm³/mol. The zero-order chi connectivity index (χ0) is 13.0. The van der Waals surface area contributed by atoms with Crippen LogP contribution in [0, 0.1) is 5.82 Å². The molecule has 94 valence electrons. The summed E-state index contributed by atoms with van der Waals surface area (Å²) in [6.45, 7) is 0. The number of rotatable bonds is 4. The summed E-state index contributed by atoms with van der Waals surface area (Å²) in [6.07, 6.45) is 3.58. The molecule has 1 unspecified atom stereocenters. The van der Waals surface area contributed by atoms with Crippen LogP contribution >= 0.6 is 15.9 Å². The van der Waals surface area contributed by atoms with Gasteiger partial charge in [-0.2, -0.15) is 0 Å². The van der Waals surface area contributed by atoms with E-state index in [9.17, 15) is 4.39 Å². The van der Waals surface area contributed by atoms with Crippen LogP contribution in [0.15, 0.2) is 47.2 Å². The molecule has 0 aliphatic rings. The van der Waals surface area contributed by atoms with Crippen molar-refractivity contribution in [1.82, 2.24) is 10.3 Å². The summed E-state index contributed by atoms with van der Waals surface area (Å²) in [4.78, 5) is 3.77. The summed E-state index contributed by atoms with van der Waals surface area (Å²) >= 11 is 3.51. The van der Waals surface area contributed by atoms with E-state index in [4.69, 9.17) is 0 Å². The minimum Gasteiger partial charge on any atom is -0.313 e. The summed E-state index contributed by atoms with van der Waals surface area (Å²) in [6, 6.07) is 9.63. The highest BCUT2D eigenvalue weighted by atomic mass is 79.9. The number of halogens is 2. The lowest BCUT2D eigenvalue weighted by molar-refractivity contribution is 0.530. The molecule has 4 heteroatoms. The van der Waals surface area contributed by atoms with Crippen LogP contribution in [0.2, 0.25) is 0 Å². The average molecular weight is 309 g/mol. The zero-order valence-electron chi connectivity index (χ0n) is 10.0. The molecule has 0 bridgehead atoms. The van der Waals surface area contributed by atoms with E-state index in [0.29, 0.717) is 5.56 Å². The number of nitrogens with zero attached hydrogens (tertiary/aromatic N) is 1. The Labute approximate surface area is 114 Å². The molecule has 1 N–H and O–H groups in total. The van der Waals surface area contributed by atoms with Crippen molar-refractivity contribution >= 4 is 15.9 Å². The van der Waals surface area contributed by atoms with Crippen LogP contribution in [-0.2, 0) is 6.42 Å². The van der Waals surface area contributed by atoms with Gasteiger partial charge in [-0.05, 0) is 31.2 Å². The highest BCUT2D eigenvalue weighted by Gasteiger charge is 2.15. The smallest absolute Gasteiger partial charge is 0.146 e. The molecule has 1 atom stereocenters. The van der Waals surface area contributed by atoms with Crippen molar-refractivity contribution in [2.24, 2.45) is 0 Å². The van der Waals surface area contributed by atoms with Gasteiger partial charge in [0.05, 0.1) is 6.20 Å². The SMILES string of the molecule is CNC(Cc1ccccc1Br)c1ccncc1F. The minimum absolute atomic E-state index is 0.0632. The highest BCUT2D eigenvalue weighted by molar-refractivity contribution is 9.10. The van der Waals surface area contributed by atoms with Gasteiger partial charge in [-0.25, -0.2) is 4.39 Å². The second-order valence-electron chi connectivity index (χ2n) is 4.03. The van der Waals surface area contributed by atoms with Crippen LogP contribution in [0.4, 0.5) is 4.39 Å². The van der Waals surface area contributed by atoms with Crippen LogP contribution in [0.5, 0.6) is 0 Å². The quantitative estimate of drug-likeness (QED) is 0.935. The minimum atomic E-state index is -0.274. The molecule has 2 rings (SSSR count). The maximum atomic E-state index is 13.7. The normalized spacial score (nSPS) is 12.4. The number of pyridine rings is 1. The molecule has 0 radical (unpaired) electrons. The molecular formula is C14H14BrFN2. The van der Waals surface area contributed by atoms with Crippen LogP contribution in [0.25, 0.3) is 0 Å². The monoisotopic (exact) mass is 308 g/mol. The topological polar surface area (TPSA) is 24.9 Å². The summed E-state index contributed by atoms with van der Waals surface area (Å²) in [5.74, 6) is -0.274. The van der Waals surface area contributed by atoms with Crippen molar-refractivity contribution in [3.63, 3.8) is 0 Å². The number of hydrogen-bond donors (Lipinski definition) is 1. The van der Waals surface area contributed by atoms with E-state index in [2.05, 4.69) is 26.2 Å². The average Bonchev–Trinajstić information content (AvgIpc) is 2.39. The van der Waals surface area contributed by atoms with Crippen molar-refractivity contribution < 1.29 is 4.39 Å². The van der Waals surface area contributed by atoms with Gasteiger partial charge in [0.25, 0.3) is 0 Å². The summed E-state index contributed by atoms with van der Waals surface area (Å²) < 4.78 is 14.8. The summed E-state index contributed by atoms with van der Waals surface area (Å²) in [5, 5.41) is 3.15. The van der Waals surface area contributed by atoms with Gasteiger partial charge in [-0.3, -0.25) is 4.98 Å². The molecule has 0 amide bonds. The highest BCUT2D eigenvalue weighted by Crippen LogP contribution is 2.24. The third kappa shape index (κ3) is 2.94. The third-order valence-electron chi connectivity index (χ3n) is 2.91. The molecule has 2 aromatic rings. The van der Waals surface area contributed by atoms with Crippen LogP contribution in [0.1, 0.15) is 17.2 Å². The molecule has 0 aliphatic heterocycles. The maximum Gasteiger partial charge on any atom is 0.146 e. The Kier molecular flexibility index (Phi) is 4.44. The van der Waals surface area contributed by atoms with Gasteiger partial charge in [0.2, 0.25) is 0 Å². The van der Waals surface area contributed by atoms with Crippen molar-refractivity contribution in [3.05, 3.63) is 64.1 Å². The van der Waals surface area contributed by atoms with E-state index in [-0.39, 0.29) is 11.9 Å². The van der Waals surface area contributed by atoms with Crippen LogP contribution in [0.3, 0.4) is 0 Å². The lowest BCUT2D eigenvalue weighted by atomic mass is 9.99. The molecule has 18 heavy (non-hydrogen) atoms. The first-order valence-electron chi connectivity index (χ1n) is 5.72. The molecule has 0 spiro atoms. The first-order chi connectivity index (χ1) is 8.72. The van der Waals surface area contributed by atoms with Gasteiger partial charge in [0.1, 0.15) is 5.82 Å². The molecule has 0 aliphatic carbocycles. The Hall–Kier alpha value is -1.26. The maximum absolute atomic E-state index is 13.7. The molecule has 1 heterocycles. The third-order valence-corrected chi connectivity index (χ3v) is 3.68. The van der Waals surface area contributed by atoms with Crippen LogP contribution in [-0.4, -0.2) is 12.0 Å². The number of aromatic nitrogens is 1. The standard InChI is InChI=1S/C14H14BrFN2/c1-17-14(11-6-7-18-9-13(11)16)8-10-4-2-3-5-12(10)15/h2-7,9,14,17H,8H2,1H3. The molecule has 0 saturated heterocycles. The van der Waals surface area contributed by atoms with E-state index in [1.54, 1.807) is 12.3 Å². The van der Waals surface area contributed by atoms with E-state index >= 15 is 0 Å². The molecular weight excluding hydrogens is 295 g/mol. The van der Waals surface area contributed by atoms with Crippen molar-refractivity contribution in [3.8, 4) is 0 Å². The van der Waals surface area contributed by atoms with Crippen molar-refractivity contribution in [2.45, 2.75) is 12.5 Å². The largest absolute Gasteiger partial charge is 0.313 e. The molecule has 0 saturated carbocycles. The molecule has 1 aromatic carbocycles. The van der Waals surface area contributed by atoms with Crippen LogP contribution < -0.4 is 5.32 Å². The van der Waals surface area contributed by atoms with E-state index in [1.165, 1.54) is 6.20 Å². The van der Waals surface area contributed by atoms with Gasteiger partial charge < -0.3 is 5.32 Å². The fraction of sp³-hybridized carbons (Fsp3) is 0.214. The summed E-state index contributed by atoms with van der Waals surface area (Å²) in [7, 11) is 1.83. The van der Waals surface area contributed by atoms with E-state index < -0.39 is 0 Å². The Morgan fingerprint density at radius 2 is 2.11 bits per heavy atom. The van der Waals surface area contributed by atoms with Gasteiger partial charge in [-0.15, -0.1) is 0 Å². The first kappa shape index (κ1) is 13.2. The van der Waals surface area contributed by atoms with Crippen molar-refractivity contribution in [2.75, 3.05) is 7.05 Å². The second kappa shape index (κ2) is 6.07. The molecule has 1 aromatic heterocycles. The van der Waals surface area contributed by atoms with Gasteiger partial charge in [-0.1, -0.05) is 34.1 Å². The van der Waals surface area contributed by atoms with E-state index in [0.717, 1.165) is 16.5 Å². The number of nitrogens with one attached hydrogen (secondary N) is 1. The zero-order valence-corrected chi connectivity index (χ0v) is 11.6. The lowest BCUT2D eigenvalue weighted by Gasteiger charge is -2.18. The fourth-order valence-corrected chi connectivity index (χ4v) is 2.37. The molecule has 2 nitrogen and oxygen atoms in total.